The largest absolute Gasteiger partial charge is 0.472 e. The average Bonchev–Trinajstić information content (AvgIpc) is 3.62. The number of hydrogen-bond donors (Lipinski definition) is 3. The van der Waals surface area contributed by atoms with Gasteiger partial charge in [0.15, 0.2) is 0 Å². The molecular formula is C27H23N7O2. The lowest BCUT2D eigenvalue weighted by atomic mass is 10.1. The number of H-pyrrole nitrogens is 2. The summed E-state index contributed by atoms with van der Waals surface area (Å²) in [4.78, 5) is 28.9. The molecule has 36 heavy (non-hydrogen) atoms. The zero-order valence-corrected chi connectivity index (χ0v) is 19.7. The van der Waals surface area contributed by atoms with Crippen LogP contribution in [-0.2, 0) is 4.79 Å². The molecule has 0 aliphatic heterocycles. The normalized spacial score (nSPS) is 11.5. The first-order valence-corrected chi connectivity index (χ1v) is 11.6. The molecule has 0 aromatic carbocycles. The molecule has 6 aromatic heterocycles. The van der Waals surface area contributed by atoms with E-state index in [2.05, 4.69) is 41.5 Å². The van der Waals surface area contributed by atoms with Gasteiger partial charge in [0.2, 0.25) is 5.91 Å². The summed E-state index contributed by atoms with van der Waals surface area (Å²) >= 11 is 0. The number of nitrogens with zero attached hydrogens (tertiary/aromatic N) is 4. The minimum Gasteiger partial charge on any atom is -0.472 e. The molecule has 9 nitrogen and oxygen atoms in total. The minimum atomic E-state index is -0.0347. The van der Waals surface area contributed by atoms with Gasteiger partial charge in [-0.2, -0.15) is 5.10 Å². The molecule has 0 fully saturated rings. The number of fused-ring (bicyclic) bond motifs is 2. The molecule has 0 saturated heterocycles. The van der Waals surface area contributed by atoms with Gasteiger partial charge in [0.05, 0.1) is 59.2 Å². The summed E-state index contributed by atoms with van der Waals surface area (Å²) in [5.41, 5.74) is 7.47. The highest BCUT2D eigenvalue weighted by Gasteiger charge is 2.16. The van der Waals surface area contributed by atoms with Gasteiger partial charge in [-0.1, -0.05) is 13.8 Å². The maximum Gasteiger partial charge on any atom is 0.224 e. The number of nitrogens with one attached hydrogen (secondary N) is 3. The Kier molecular flexibility index (Phi) is 5.29. The van der Waals surface area contributed by atoms with E-state index < -0.39 is 0 Å². The molecule has 0 aliphatic rings. The average molecular weight is 478 g/mol. The molecule has 0 saturated carbocycles. The van der Waals surface area contributed by atoms with Crippen molar-refractivity contribution < 1.29 is 9.21 Å². The van der Waals surface area contributed by atoms with Crippen molar-refractivity contribution in [1.29, 1.82) is 0 Å². The highest BCUT2D eigenvalue weighted by molar-refractivity contribution is 6.01. The molecule has 0 radical (unpaired) electrons. The summed E-state index contributed by atoms with van der Waals surface area (Å²) in [6.07, 6.45) is 12.6. The molecule has 1 amide bonds. The second-order valence-electron chi connectivity index (χ2n) is 9.14. The second-order valence-corrected chi connectivity index (χ2v) is 9.14. The number of carbonyl (C=O) groups is 1. The highest BCUT2D eigenvalue weighted by Crippen LogP contribution is 2.34. The lowest BCUT2D eigenvalue weighted by Crippen LogP contribution is -2.13. The third kappa shape index (κ3) is 4.00. The van der Waals surface area contributed by atoms with E-state index in [0.717, 1.165) is 55.6 Å². The highest BCUT2D eigenvalue weighted by atomic mass is 16.3. The van der Waals surface area contributed by atoms with Crippen LogP contribution in [0.3, 0.4) is 0 Å². The number of rotatable bonds is 6. The van der Waals surface area contributed by atoms with Crippen LogP contribution in [0.2, 0.25) is 0 Å². The third-order valence-corrected chi connectivity index (χ3v) is 5.99. The number of hydrogen-bond acceptors (Lipinski definition) is 6. The molecule has 6 rings (SSSR count). The molecule has 9 heteroatoms. The Morgan fingerprint density at radius 2 is 1.89 bits per heavy atom. The molecule has 0 bridgehead atoms. The molecule has 0 aliphatic carbocycles. The first-order chi connectivity index (χ1) is 17.5. The van der Waals surface area contributed by atoms with E-state index in [4.69, 9.17) is 4.42 Å². The molecule has 0 atom stereocenters. The van der Waals surface area contributed by atoms with Crippen LogP contribution in [0.25, 0.3) is 55.6 Å². The van der Waals surface area contributed by atoms with Crippen LogP contribution < -0.4 is 5.32 Å². The van der Waals surface area contributed by atoms with Crippen molar-refractivity contribution in [3.63, 3.8) is 0 Å². The molecule has 0 unspecified atom stereocenters. The van der Waals surface area contributed by atoms with Crippen LogP contribution in [0, 0.1) is 5.92 Å². The van der Waals surface area contributed by atoms with E-state index in [9.17, 15) is 4.79 Å². The fraction of sp³-hybridized carbons (Fsp3) is 0.148. The molecule has 6 aromatic rings. The maximum absolute atomic E-state index is 12.2. The van der Waals surface area contributed by atoms with E-state index in [0.29, 0.717) is 12.1 Å². The summed E-state index contributed by atoms with van der Waals surface area (Å²) in [6.45, 7) is 4.02. The molecule has 0 spiro atoms. The molecule has 3 N–H and O–H groups in total. The van der Waals surface area contributed by atoms with Crippen molar-refractivity contribution in [2.75, 3.05) is 5.32 Å². The monoisotopic (exact) mass is 477 g/mol. The van der Waals surface area contributed by atoms with Gasteiger partial charge < -0.3 is 14.7 Å². The fourth-order valence-corrected chi connectivity index (χ4v) is 4.34. The zero-order valence-electron chi connectivity index (χ0n) is 19.7. The fourth-order valence-electron chi connectivity index (χ4n) is 4.34. The van der Waals surface area contributed by atoms with Gasteiger partial charge in [0.25, 0.3) is 0 Å². The Morgan fingerprint density at radius 1 is 1.00 bits per heavy atom. The van der Waals surface area contributed by atoms with Crippen molar-refractivity contribution in [1.82, 2.24) is 30.1 Å². The smallest absolute Gasteiger partial charge is 0.224 e. The van der Waals surface area contributed by atoms with Crippen molar-refractivity contribution in [3.05, 3.63) is 67.8 Å². The second kappa shape index (κ2) is 8.77. The van der Waals surface area contributed by atoms with Gasteiger partial charge in [-0.3, -0.25) is 24.8 Å². The van der Waals surface area contributed by atoms with Crippen molar-refractivity contribution in [2.24, 2.45) is 5.92 Å². The van der Waals surface area contributed by atoms with Crippen LogP contribution in [0.1, 0.15) is 20.3 Å². The van der Waals surface area contributed by atoms with Crippen molar-refractivity contribution >= 4 is 33.4 Å². The zero-order chi connectivity index (χ0) is 24.6. The standard InChI is InChI=1S/C27H23N7O2/c1-15(2)5-26(35)31-18-6-17(9-28-10-18)22-8-20-25(13-30-22)33-34-27(20)23-7-19-21(16-3-4-36-14-16)11-29-12-24(19)32-23/h3-4,6-15,32H,5H2,1-2H3,(H,31,35)(H,33,34). The van der Waals surface area contributed by atoms with Crippen LogP contribution >= 0.6 is 0 Å². The van der Waals surface area contributed by atoms with Crippen LogP contribution in [0.15, 0.2) is 72.2 Å². The maximum atomic E-state index is 12.2. The summed E-state index contributed by atoms with van der Waals surface area (Å²) in [6, 6.07) is 7.84. The van der Waals surface area contributed by atoms with Gasteiger partial charge in [-0.05, 0) is 30.2 Å². The summed E-state index contributed by atoms with van der Waals surface area (Å²) < 4.78 is 5.27. The molecular weight excluding hydrogens is 454 g/mol. The number of aromatic amines is 2. The Hall–Kier alpha value is -4.79. The summed E-state index contributed by atoms with van der Waals surface area (Å²) in [5, 5.41) is 12.5. The molecule has 178 valence electrons. The first-order valence-electron chi connectivity index (χ1n) is 11.6. The molecule has 6 heterocycles. The summed E-state index contributed by atoms with van der Waals surface area (Å²) in [5.74, 6) is 0.244. The van der Waals surface area contributed by atoms with Crippen molar-refractivity contribution in [3.8, 4) is 33.8 Å². The lowest BCUT2D eigenvalue weighted by molar-refractivity contribution is -0.116. The quantitative estimate of drug-likeness (QED) is 0.278. The van der Waals surface area contributed by atoms with Gasteiger partial charge in [-0.15, -0.1) is 0 Å². The van der Waals surface area contributed by atoms with E-state index in [1.165, 1.54) is 0 Å². The van der Waals surface area contributed by atoms with E-state index in [1.54, 1.807) is 37.3 Å². The first kappa shape index (κ1) is 21.7. The van der Waals surface area contributed by atoms with Gasteiger partial charge in [0, 0.05) is 46.3 Å². The topological polar surface area (TPSA) is 125 Å². The predicted molar refractivity (Wildman–Crippen MR) is 138 cm³/mol. The Morgan fingerprint density at radius 3 is 2.72 bits per heavy atom. The number of amides is 1. The van der Waals surface area contributed by atoms with E-state index in [1.807, 2.05) is 38.2 Å². The number of furan rings is 1. The number of carbonyl (C=O) groups excluding carboxylic acids is 1. The number of pyridine rings is 3. The number of aromatic nitrogens is 6. The SMILES string of the molecule is CC(C)CC(=O)Nc1cncc(-c2cc3c(-c4cc5c(-c6ccoc6)cncc5[nH]4)n[nH]c3cn2)c1. The Labute approximate surface area is 206 Å². The van der Waals surface area contributed by atoms with Crippen LogP contribution in [-0.4, -0.2) is 36.0 Å². The van der Waals surface area contributed by atoms with Crippen LogP contribution in [0.5, 0.6) is 0 Å². The third-order valence-electron chi connectivity index (χ3n) is 5.99. The van der Waals surface area contributed by atoms with E-state index in [-0.39, 0.29) is 11.8 Å². The van der Waals surface area contributed by atoms with Gasteiger partial charge in [0.1, 0.15) is 5.69 Å². The minimum absolute atomic E-state index is 0.0347. The Balaban J connectivity index is 1.38. The van der Waals surface area contributed by atoms with Crippen LogP contribution in [0.4, 0.5) is 5.69 Å². The van der Waals surface area contributed by atoms with Crippen molar-refractivity contribution in [2.45, 2.75) is 20.3 Å². The Bertz CT molecular complexity index is 1700. The summed E-state index contributed by atoms with van der Waals surface area (Å²) in [7, 11) is 0. The van der Waals surface area contributed by atoms with Gasteiger partial charge >= 0.3 is 0 Å². The lowest BCUT2D eigenvalue weighted by Gasteiger charge is -2.08. The predicted octanol–water partition coefficient (Wildman–Crippen LogP) is 5.81. The number of anilines is 1. The van der Waals surface area contributed by atoms with Gasteiger partial charge in [-0.25, -0.2) is 0 Å². The van der Waals surface area contributed by atoms with E-state index >= 15 is 0 Å².